The van der Waals surface area contributed by atoms with E-state index in [1.54, 1.807) is 22.5 Å². The summed E-state index contributed by atoms with van der Waals surface area (Å²) >= 11 is 6.15. The van der Waals surface area contributed by atoms with Gasteiger partial charge in [0, 0.05) is 25.7 Å². The average Bonchev–Trinajstić information content (AvgIpc) is 2.84. The first kappa shape index (κ1) is 15.3. The number of aromatic nitrogens is 2. The van der Waals surface area contributed by atoms with Crippen LogP contribution in [0, 0.1) is 5.92 Å². The second-order valence-electron chi connectivity index (χ2n) is 5.98. The first-order chi connectivity index (χ1) is 10.6. The lowest BCUT2D eigenvalue weighted by Gasteiger charge is -2.31. The van der Waals surface area contributed by atoms with E-state index in [4.69, 9.17) is 11.6 Å². The van der Waals surface area contributed by atoms with Crippen LogP contribution in [0.25, 0.3) is 5.65 Å². The summed E-state index contributed by atoms with van der Waals surface area (Å²) in [4.78, 5) is 18.6. The molecule has 2 aromatic heterocycles. The second-order valence-corrected chi connectivity index (χ2v) is 6.34. The lowest BCUT2D eigenvalue weighted by molar-refractivity contribution is 0.0448. The molecule has 0 spiro atoms. The molecule has 118 valence electrons. The fraction of sp³-hybridized carbons (Fsp3) is 0.500. The van der Waals surface area contributed by atoms with E-state index in [0.29, 0.717) is 17.9 Å². The molecule has 6 heteroatoms. The standard InChI is InChI=1S/C16H20ClN3O2/c1-19(10-11-6-2-3-7-12(11)21)16(22)14-15(17)18-13-8-4-5-9-20(13)14/h4-5,8-9,11-12,21H,2-3,6-7,10H2,1H3. The van der Waals surface area contributed by atoms with Crippen molar-refractivity contribution in [2.45, 2.75) is 31.8 Å². The van der Waals surface area contributed by atoms with Crippen molar-refractivity contribution < 1.29 is 9.90 Å². The number of carbonyl (C=O) groups is 1. The predicted molar refractivity (Wildman–Crippen MR) is 85.1 cm³/mol. The Labute approximate surface area is 134 Å². The normalized spacial score (nSPS) is 22.0. The number of hydrogen-bond donors (Lipinski definition) is 1. The molecule has 0 aromatic carbocycles. The maximum atomic E-state index is 12.7. The third-order valence-electron chi connectivity index (χ3n) is 4.41. The minimum Gasteiger partial charge on any atom is -0.393 e. The molecule has 2 unspecified atom stereocenters. The highest BCUT2D eigenvalue weighted by molar-refractivity contribution is 6.32. The molecular weight excluding hydrogens is 302 g/mol. The highest BCUT2D eigenvalue weighted by atomic mass is 35.5. The van der Waals surface area contributed by atoms with Crippen LogP contribution in [0.5, 0.6) is 0 Å². The Hall–Kier alpha value is -1.59. The number of hydrogen-bond acceptors (Lipinski definition) is 3. The molecule has 3 rings (SSSR count). The van der Waals surface area contributed by atoms with Crippen LogP contribution in [-0.4, -0.2) is 45.0 Å². The summed E-state index contributed by atoms with van der Waals surface area (Å²) in [5, 5.41) is 10.3. The maximum absolute atomic E-state index is 12.7. The Bertz CT molecular complexity index is 685. The first-order valence-electron chi connectivity index (χ1n) is 7.64. The van der Waals surface area contributed by atoms with E-state index in [-0.39, 0.29) is 23.1 Å². The van der Waals surface area contributed by atoms with E-state index < -0.39 is 0 Å². The van der Waals surface area contributed by atoms with Crippen molar-refractivity contribution in [3.8, 4) is 0 Å². The summed E-state index contributed by atoms with van der Waals surface area (Å²) < 4.78 is 1.71. The van der Waals surface area contributed by atoms with Crippen molar-refractivity contribution in [2.75, 3.05) is 13.6 Å². The Morgan fingerprint density at radius 2 is 2.23 bits per heavy atom. The van der Waals surface area contributed by atoms with Crippen molar-refractivity contribution in [3.63, 3.8) is 0 Å². The number of halogens is 1. The molecule has 1 aliphatic carbocycles. The van der Waals surface area contributed by atoms with Crippen LogP contribution in [-0.2, 0) is 0 Å². The summed E-state index contributed by atoms with van der Waals surface area (Å²) in [5.74, 6) is -0.0258. The van der Waals surface area contributed by atoms with Gasteiger partial charge in [-0.1, -0.05) is 30.5 Å². The summed E-state index contributed by atoms with van der Waals surface area (Å²) in [7, 11) is 1.75. The first-order valence-corrected chi connectivity index (χ1v) is 8.02. The SMILES string of the molecule is CN(CC1CCCCC1O)C(=O)c1c(Cl)nc2ccccn12. The molecule has 0 saturated heterocycles. The number of imidazole rings is 1. The predicted octanol–water partition coefficient (Wildman–Crippen LogP) is 2.61. The third-order valence-corrected chi connectivity index (χ3v) is 4.68. The second kappa shape index (κ2) is 6.26. The van der Waals surface area contributed by atoms with Crippen molar-refractivity contribution >= 4 is 23.2 Å². The molecule has 1 aliphatic rings. The van der Waals surface area contributed by atoms with Crippen molar-refractivity contribution in [1.82, 2.24) is 14.3 Å². The molecule has 0 bridgehead atoms. The van der Waals surface area contributed by atoms with Crippen molar-refractivity contribution in [1.29, 1.82) is 0 Å². The molecule has 2 heterocycles. The average molecular weight is 322 g/mol. The zero-order valence-electron chi connectivity index (χ0n) is 12.6. The molecule has 1 fully saturated rings. The molecule has 2 atom stereocenters. The lowest BCUT2D eigenvalue weighted by Crippen LogP contribution is -2.38. The molecule has 2 aromatic rings. The number of amides is 1. The largest absolute Gasteiger partial charge is 0.393 e. The maximum Gasteiger partial charge on any atom is 0.273 e. The molecule has 1 saturated carbocycles. The van der Waals surface area contributed by atoms with E-state index in [9.17, 15) is 9.90 Å². The zero-order chi connectivity index (χ0) is 15.7. The van der Waals surface area contributed by atoms with Gasteiger partial charge in [-0.25, -0.2) is 4.98 Å². The minimum atomic E-state index is -0.318. The van der Waals surface area contributed by atoms with Crippen LogP contribution in [0.15, 0.2) is 24.4 Å². The van der Waals surface area contributed by atoms with Gasteiger partial charge in [0.1, 0.15) is 5.65 Å². The van der Waals surface area contributed by atoms with Gasteiger partial charge in [-0.3, -0.25) is 9.20 Å². The topological polar surface area (TPSA) is 57.8 Å². The lowest BCUT2D eigenvalue weighted by atomic mass is 9.86. The quantitative estimate of drug-likeness (QED) is 0.945. The van der Waals surface area contributed by atoms with E-state index in [1.807, 2.05) is 18.2 Å². The highest BCUT2D eigenvalue weighted by Crippen LogP contribution is 2.26. The Balaban J connectivity index is 1.81. The summed E-state index contributed by atoms with van der Waals surface area (Å²) in [6, 6.07) is 5.51. The summed E-state index contributed by atoms with van der Waals surface area (Å²) in [6.45, 7) is 0.538. The Morgan fingerprint density at radius 1 is 1.45 bits per heavy atom. The Kier molecular flexibility index (Phi) is 4.36. The fourth-order valence-corrected chi connectivity index (χ4v) is 3.43. The fourth-order valence-electron chi connectivity index (χ4n) is 3.17. The molecule has 0 aliphatic heterocycles. The van der Waals surface area contributed by atoms with E-state index in [2.05, 4.69) is 4.98 Å². The monoisotopic (exact) mass is 321 g/mol. The van der Waals surface area contributed by atoms with Gasteiger partial charge in [0.05, 0.1) is 6.10 Å². The highest BCUT2D eigenvalue weighted by Gasteiger charge is 2.28. The molecular formula is C16H20ClN3O2. The third kappa shape index (κ3) is 2.83. The van der Waals surface area contributed by atoms with Crippen LogP contribution in [0.4, 0.5) is 0 Å². The number of fused-ring (bicyclic) bond motifs is 1. The molecule has 22 heavy (non-hydrogen) atoms. The molecule has 0 radical (unpaired) electrons. The van der Waals surface area contributed by atoms with Crippen LogP contribution in [0.2, 0.25) is 5.15 Å². The molecule has 1 amide bonds. The van der Waals surface area contributed by atoms with Crippen LogP contribution >= 0.6 is 11.6 Å². The van der Waals surface area contributed by atoms with Gasteiger partial charge < -0.3 is 10.0 Å². The van der Waals surface area contributed by atoms with Crippen molar-refractivity contribution in [3.05, 3.63) is 35.2 Å². The van der Waals surface area contributed by atoms with Gasteiger partial charge in [0.25, 0.3) is 5.91 Å². The van der Waals surface area contributed by atoms with E-state index >= 15 is 0 Å². The number of aliphatic hydroxyl groups excluding tert-OH is 1. The van der Waals surface area contributed by atoms with Gasteiger partial charge in [-0.2, -0.15) is 0 Å². The molecule has 5 nitrogen and oxygen atoms in total. The van der Waals surface area contributed by atoms with Gasteiger partial charge in [0.15, 0.2) is 10.8 Å². The van der Waals surface area contributed by atoms with Crippen LogP contribution in [0.1, 0.15) is 36.2 Å². The molecule has 1 N–H and O–H groups in total. The van der Waals surface area contributed by atoms with Gasteiger partial charge >= 0.3 is 0 Å². The van der Waals surface area contributed by atoms with E-state index in [1.165, 1.54) is 0 Å². The van der Waals surface area contributed by atoms with Crippen LogP contribution < -0.4 is 0 Å². The summed E-state index contributed by atoms with van der Waals surface area (Å²) in [5.41, 5.74) is 1.03. The van der Waals surface area contributed by atoms with Gasteiger partial charge in [-0.05, 0) is 25.0 Å². The minimum absolute atomic E-state index is 0.140. The number of pyridine rings is 1. The number of nitrogens with zero attached hydrogens (tertiary/aromatic N) is 3. The van der Waals surface area contributed by atoms with Gasteiger partial charge in [0.2, 0.25) is 0 Å². The Morgan fingerprint density at radius 3 is 3.00 bits per heavy atom. The zero-order valence-corrected chi connectivity index (χ0v) is 13.3. The smallest absolute Gasteiger partial charge is 0.273 e. The van der Waals surface area contributed by atoms with Crippen LogP contribution in [0.3, 0.4) is 0 Å². The van der Waals surface area contributed by atoms with Gasteiger partial charge in [-0.15, -0.1) is 0 Å². The number of rotatable bonds is 3. The number of aliphatic hydroxyl groups is 1. The van der Waals surface area contributed by atoms with Crippen molar-refractivity contribution in [2.24, 2.45) is 5.92 Å². The summed E-state index contributed by atoms with van der Waals surface area (Å²) in [6.07, 6.45) is 5.42. The van der Waals surface area contributed by atoms with E-state index in [0.717, 1.165) is 25.7 Å². The number of carbonyl (C=O) groups excluding carboxylic acids is 1.